The van der Waals surface area contributed by atoms with E-state index >= 15 is 0 Å². The predicted octanol–water partition coefficient (Wildman–Crippen LogP) is 2.27. The van der Waals surface area contributed by atoms with Crippen LogP contribution in [0.1, 0.15) is 37.7 Å². The molecule has 17 heavy (non-hydrogen) atoms. The van der Waals surface area contributed by atoms with Crippen molar-refractivity contribution in [2.45, 2.75) is 46.7 Å². The SMILES string of the molecule is CCc1cc(CC)n(Cc2cnn(CC)c2)n1. The normalized spacial score (nSPS) is 11.0. The van der Waals surface area contributed by atoms with Crippen LogP contribution in [0.25, 0.3) is 0 Å². The fraction of sp³-hybridized carbons (Fsp3) is 0.538. The second kappa shape index (κ2) is 5.17. The highest BCUT2D eigenvalue weighted by Gasteiger charge is 2.06. The van der Waals surface area contributed by atoms with E-state index in [-0.39, 0.29) is 0 Å². The molecule has 92 valence electrons. The van der Waals surface area contributed by atoms with E-state index < -0.39 is 0 Å². The maximum absolute atomic E-state index is 4.61. The number of rotatable bonds is 5. The van der Waals surface area contributed by atoms with Crippen LogP contribution < -0.4 is 0 Å². The fourth-order valence-electron chi connectivity index (χ4n) is 1.94. The van der Waals surface area contributed by atoms with Gasteiger partial charge >= 0.3 is 0 Å². The lowest BCUT2D eigenvalue weighted by Gasteiger charge is -2.03. The van der Waals surface area contributed by atoms with E-state index in [2.05, 4.69) is 47.9 Å². The number of nitrogens with zero attached hydrogens (tertiary/aromatic N) is 4. The van der Waals surface area contributed by atoms with Gasteiger partial charge in [0.25, 0.3) is 0 Å². The summed E-state index contributed by atoms with van der Waals surface area (Å²) < 4.78 is 4.04. The van der Waals surface area contributed by atoms with Gasteiger partial charge in [0, 0.05) is 24.0 Å². The molecule has 0 aliphatic carbocycles. The molecule has 0 amide bonds. The number of aromatic nitrogens is 4. The van der Waals surface area contributed by atoms with Gasteiger partial charge in [-0.1, -0.05) is 13.8 Å². The van der Waals surface area contributed by atoms with E-state index in [0.717, 1.165) is 25.9 Å². The van der Waals surface area contributed by atoms with Crippen molar-refractivity contribution in [2.24, 2.45) is 0 Å². The molecule has 2 rings (SSSR count). The molecule has 0 bridgehead atoms. The topological polar surface area (TPSA) is 35.6 Å². The zero-order valence-electron chi connectivity index (χ0n) is 10.8. The number of hydrogen-bond acceptors (Lipinski definition) is 2. The predicted molar refractivity (Wildman–Crippen MR) is 68.0 cm³/mol. The monoisotopic (exact) mass is 232 g/mol. The Labute approximate surface area is 102 Å². The van der Waals surface area contributed by atoms with Crippen LogP contribution in [0.5, 0.6) is 0 Å². The molecule has 0 aliphatic rings. The van der Waals surface area contributed by atoms with Gasteiger partial charge in [0.2, 0.25) is 0 Å². The largest absolute Gasteiger partial charge is 0.273 e. The molecule has 0 aliphatic heterocycles. The molecule has 0 fully saturated rings. The fourth-order valence-corrected chi connectivity index (χ4v) is 1.94. The molecule has 0 aromatic carbocycles. The average Bonchev–Trinajstić information content (AvgIpc) is 2.95. The van der Waals surface area contributed by atoms with Crippen LogP contribution in [-0.2, 0) is 25.9 Å². The minimum atomic E-state index is 0.823. The van der Waals surface area contributed by atoms with E-state index in [9.17, 15) is 0 Å². The van der Waals surface area contributed by atoms with Gasteiger partial charge in [-0.15, -0.1) is 0 Å². The third-order valence-electron chi connectivity index (χ3n) is 2.98. The van der Waals surface area contributed by atoms with Gasteiger partial charge in [-0.25, -0.2) is 0 Å². The lowest BCUT2D eigenvalue weighted by Crippen LogP contribution is -2.05. The summed E-state index contributed by atoms with van der Waals surface area (Å²) in [6.45, 7) is 8.14. The molecular weight excluding hydrogens is 212 g/mol. The van der Waals surface area contributed by atoms with Crippen molar-refractivity contribution in [3.05, 3.63) is 35.4 Å². The van der Waals surface area contributed by atoms with Gasteiger partial charge in [-0.2, -0.15) is 10.2 Å². The Bertz CT molecular complexity index is 481. The molecule has 2 aromatic heterocycles. The Kier molecular flexibility index (Phi) is 3.61. The van der Waals surface area contributed by atoms with Crippen molar-refractivity contribution >= 4 is 0 Å². The Morgan fingerprint density at radius 3 is 2.59 bits per heavy atom. The first-order chi connectivity index (χ1) is 8.26. The molecule has 0 unspecified atom stereocenters. The molecule has 2 heterocycles. The number of hydrogen-bond donors (Lipinski definition) is 0. The first kappa shape index (κ1) is 11.9. The van der Waals surface area contributed by atoms with Gasteiger partial charge in [-0.05, 0) is 25.8 Å². The minimum Gasteiger partial charge on any atom is -0.273 e. The van der Waals surface area contributed by atoms with E-state index in [1.807, 2.05) is 10.9 Å². The van der Waals surface area contributed by atoms with Crippen molar-refractivity contribution in [2.75, 3.05) is 0 Å². The Hall–Kier alpha value is -1.58. The first-order valence-electron chi connectivity index (χ1n) is 6.33. The summed E-state index contributed by atoms with van der Waals surface area (Å²) in [6, 6.07) is 2.20. The molecule has 2 aromatic rings. The standard InChI is InChI=1S/C13H20N4/c1-4-12-7-13(5-2)17(15-12)10-11-8-14-16(6-3)9-11/h7-9H,4-6,10H2,1-3H3. The lowest BCUT2D eigenvalue weighted by molar-refractivity contribution is 0.635. The second-order valence-corrected chi connectivity index (χ2v) is 4.20. The van der Waals surface area contributed by atoms with Crippen LogP contribution in [0.4, 0.5) is 0 Å². The Morgan fingerprint density at radius 2 is 2.00 bits per heavy atom. The van der Waals surface area contributed by atoms with Crippen LogP contribution in [-0.4, -0.2) is 19.6 Å². The molecule has 0 spiro atoms. The maximum Gasteiger partial charge on any atom is 0.0693 e. The molecule has 0 saturated carbocycles. The third-order valence-corrected chi connectivity index (χ3v) is 2.98. The molecular formula is C13H20N4. The Morgan fingerprint density at radius 1 is 1.18 bits per heavy atom. The summed E-state index contributed by atoms with van der Waals surface area (Å²) in [5.74, 6) is 0. The maximum atomic E-state index is 4.61. The van der Waals surface area contributed by atoms with Gasteiger partial charge in [0.15, 0.2) is 0 Å². The summed E-state index contributed by atoms with van der Waals surface area (Å²) >= 11 is 0. The number of aryl methyl sites for hydroxylation is 3. The highest BCUT2D eigenvalue weighted by Crippen LogP contribution is 2.09. The summed E-state index contributed by atoms with van der Waals surface area (Å²) in [4.78, 5) is 0. The van der Waals surface area contributed by atoms with Crippen molar-refractivity contribution in [3.8, 4) is 0 Å². The van der Waals surface area contributed by atoms with Gasteiger partial charge < -0.3 is 0 Å². The highest BCUT2D eigenvalue weighted by atomic mass is 15.3. The van der Waals surface area contributed by atoms with Crippen LogP contribution in [0.15, 0.2) is 18.5 Å². The summed E-state index contributed by atoms with van der Waals surface area (Å²) in [5.41, 5.74) is 3.68. The Balaban J connectivity index is 2.19. The van der Waals surface area contributed by atoms with E-state index in [1.165, 1.54) is 17.0 Å². The average molecular weight is 232 g/mol. The van der Waals surface area contributed by atoms with Gasteiger partial charge in [0.1, 0.15) is 0 Å². The van der Waals surface area contributed by atoms with Gasteiger partial charge in [-0.3, -0.25) is 9.36 Å². The van der Waals surface area contributed by atoms with Crippen molar-refractivity contribution < 1.29 is 0 Å². The minimum absolute atomic E-state index is 0.823. The molecule has 0 N–H and O–H groups in total. The second-order valence-electron chi connectivity index (χ2n) is 4.20. The molecule has 4 heteroatoms. The summed E-state index contributed by atoms with van der Waals surface area (Å²) in [7, 11) is 0. The summed E-state index contributed by atoms with van der Waals surface area (Å²) in [6.07, 6.45) is 6.03. The quantitative estimate of drug-likeness (QED) is 0.792. The van der Waals surface area contributed by atoms with Crippen LogP contribution >= 0.6 is 0 Å². The zero-order chi connectivity index (χ0) is 12.3. The molecule has 0 radical (unpaired) electrons. The highest BCUT2D eigenvalue weighted by molar-refractivity contribution is 5.13. The van der Waals surface area contributed by atoms with Crippen LogP contribution in [0.3, 0.4) is 0 Å². The van der Waals surface area contributed by atoms with E-state index in [0.29, 0.717) is 0 Å². The molecule has 0 atom stereocenters. The van der Waals surface area contributed by atoms with Gasteiger partial charge in [0.05, 0.1) is 18.4 Å². The lowest BCUT2D eigenvalue weighted by atomic mass is 10.2. The van der Waals surface area contributed by atoms with Crippen molar-refractivity contribution in [1.29, 1.82) is 0 Å². The van der Waals surface area contributed by atoms with E-state index in [1.54, 1.807) is 0 Å². The first-order valence-corrected chi connectivity index (χ1v) is 6.33. The summed E-state index contributed by atoms with van der Waals surface area (Å²) in [5, 5.41) is 8.90. The van der Waals surface area contributed by atoms with E-state index in [4.69, 9.17) is 0 Å². The molecule has 4 nitrogen and oxygen atoms in total. The molecule has 0 saturated heterocycles. The van der Waals surface area contributed by atoms with Crippen LogP contribution in [0.2, 0.25) is 0 Å². The smallest absolute Gasteiger partial charge is 0.0693 e. The third kappa shape index (κ3) is 2.57. The van der Waals surface area contributed by atoms with Crippen molar-refractivity contribution in [1.82, 2.24) is 19.6 Å². The zero-order valence-corrected chi connectivity index (χ0v) is 10.8. The van der Waals surface area contributed by atoms with Crippen LogP contribution in [0, 0.1) is 0 Å². The van der Waals surface area contributed by atoms with Crippen molar-refractivity contribution in [3.63, 3.8) is 0 Å².